The molecule has 0 aliphatic rings. The molecule has 0 aromatic heterocycles. The summed E-state index contributed by atoms with van der Waals surface area (Å²) >= 11 is 3.13. The van der Waals surface area contributed by atoms with Gasteiger partial charge in [0.05, 0.1) is 12.1 Å². The van der Waals surface area contributed by atoms with Crippen molar-refractivity contribution in [2.24, 2.45) is 5.11 Å². The third-order valence-corrected chi connectivity index (χ3v) is 1.86. The van der Waals surface area contributed by atoms with Crippen molar-refractivity contribution in [2.45, 2.75) is 0 Å². The highest BCUT2D eigenvalue weighted by Gasteiger charge is 1.97. The fourth-order valence-electron chi connectivity index (χ4n) is 0.793. The Balaban J connectivity index is 2.84. The molecule has 0 amide bonds. The summed E-state index contributed by atoms with van der Waals surface area (Å²) in [5.74, 6) is 4.71. The van der Waals surface area contributed by atoms with Crippen LogP contribution in [0.5, 0.6) is 0 Å². The van der Waals surface area contributed by atoms with E-state index in [4.69, 9.17) is 5.53 Å². The molecule has 0 fully saturated rings. The van der Waals surface area contributed by atoms with Gasteiger partial charge in [-0.15, -0.1) is 0 Å². The predicted molar refractivity (Wildman–Crippen MR) is 55.0 cm³/mol. The van der Waals surface area contributed by atoms with Crippen LogP contribution in [0, 0.1) is 17.7 Å². The first-order valence-corrected chi connectivity index (χ1v) is 4.48. The van der Waals surface area contributed by atoms with Crippen molar-refractivity contribution in [3.05, 3.63) is 44.5 Å². The number of halogens is 2. The standard InChI is InChI=1S/C9H5BrFN3/c10-8-4-3-7(9(11)6-8)2-1-5-13-14-12/h3-4,6H,5H2. The highest BCUT2D eigenvalue weighted by Crippen LogP contribution is 2.14. The summed E-state index contributed by atoms with van der Waals surface area (Å²) in [5, 5.41) is 3.21. The summed E-state index contributed by atoms with van der Waals surface area (Å²) in [7, 11) is 0. The lowest BCUT2D eigenvalue weighted by Crippen LogP contribution is -1.83. The third kappa shape index (κ3) is 3.09. The number of nitrogens with zero attached hydrogens (tertiary/aromatic N) is 3. The van der Waals surface area contributed by atoms with Gasteiger partial charge < -0.3 is 0 Å². The second-order valence-corrected chi connectivity index (χ2v) is 3.23. The Labute approximate surface area is 88.7 Å². The van der Waals surface area contributed by atoms with Gasteiger partial charge >= 0.3 is 0 Å². The second-order valence-electron chi connectivity index (χ2n) is 2.31. The molecule has 0 radical (unpaired) electrons. The molecule has 1 rings (SSSR count). The van der Waals surface area contributed by atoms with E-state index in [0.717, 1.165) is 0 Å². The van der Waals surface area contributed by atoms with Gasteiger partial charge in [0, 0.05) is 9.38 Å². The molecular weight excluding hydrogens is 249 g/mol. The fourth-order valence-corrected chi connectivity index (χ4v) is 1.13. The molecule has 0 bridgehead atoms. The minimum Gasteiger partial charge on any atom is -0.206 e. The van der Waals surface area contributed by atoms with Crippen LogP contribution in [0.2, 0.25) is 0 Å². The van der Waals surface area contributed by atoms with E-state index < -0.39 is 5.82 Å². The molecule has 0 spiro atoms. The minimum absolute atomic E-state index is 0.0476. The molecule has 0 aliphatic heterocycles. The Morgan fingerprint density at radius 1 is 1.57 bits per heavy atom. The van der Waals surface area contributed by atoms with Crippen molar-refractivity contribution in [1.82, 2.24) is 0 Å². The van der Waals surface area contributed by atoms with Crippen LogP contribution in [-0.4, -0.2) is 6.54 Å². The average Bonchev–Trinajstić information content (AvgIpc) is 2.15. The lowest BCUT2D eigenvalue weighted by atomic mass is 10.2. The maximum atomic E-state index is 13.1. The molecule has 0 atom stereocenters. The van der Waals surface area contributed by atoms with E-state index in [1.54, 1.807) is 12.1 Å². The Morgan fingerprint density at radius 3 is 3.00 bits per heavy atom. The molecule has 0 aliphatic carbocycles. The molecule has 5 heteroatoms. The molecule has 3 nitrogen and oxygen atoms in total. The van der Waals surface area contributed by atoms with E-state index in [-0.39, 0.29) is 6.54 Å². The number of hydrogen-bond acceptors (Lipinski definition) is 1. The molecule has 1 aromatic carbocycles. The Morgan fingerprint density at radius 2 is 2.36 bits per heavy atom. The zero-order valence-electron chi connectivity index (χ0n) is 7.04. The maximum absolute atomic E-state index is 13.1. The first-order chi connectivity index (χ1) is 6.74. The normalized spacial score (nSPS) is 8.43. The van der Waals surface area contributed by atoms with Crippen molar-refractivity contribution >= 4 is 15.9 Å². The molecule has 0 unspecified atom stereocenters. The SMILES string of the molecule is [N-]=[N+]=NCC#Cc1ccc(Br)cc1F. The Hall–Kier alpha value is -1.50. The van der Waals surface area contributed by atoms with E-state index in [2.05, 4.69) is 37.8 Å². The van der Waals surface area contributed by atoms with Crippen LogP contribution >= 0.6 is 15.9 Å². The van der Waals surface area contributed by atoms with Crippen molar-refractivity contribution < 1.29 is 4.39 Å². The lowest BCUT2D eigenvalue weighted by Gasteiger charge is -1.93. The Kier molecular flexibility index (Phi) is 3.99. The number of azide groups is 1. The van der Waals surface area contributed by atoms with Gasteiger partial charge in [-0.05, 0) is 23.7 Å². The summed E-state index contributed by atoms with van der Waals surface area (Å²) in [6.07, 6.45) is 0. The number of hydrogen-bond donors (Lipinski definition) is 0. The van der Waals surface area contributed by atoms with Crippen LogP contribution in [-0.2, 0) is 0 Å². The summed E-state index contributed by atoms with van der Waals surface area (Å²) in [5.41, 5.74) is 8.26. The fraction of sp³-hybridized carbons (Fsp3) is 0.111. The number of rotatable bonds is 1. The summed E-state index contributed by atoms with van der Waals surface area (Å²) in [4.78, 5) is 2.52. The van der Waals surface area contributed by atoms with E-state index in [9.17, 15) is 4.39 Å². The van der Waals surface area contributed by atoms with Gasteiger partial charge in [0.25, 0.3) is 0 Å². The van der Waals surface area contributed by atoms with Crippen molar-refractivity contribution in [3.63, 3.8) is 0 Å². The predicted octanol–water partition coefficient (Wildman–Crippen LogP) is 3.25. The van der Waals surface area contributed by atoms with Crippen molar-refractivity contribution in [3.8, 4) is 11.8 Å². The second kappa shape index (κ2) is 5.28. The van der Waals surface area contributed by atoms with Gasteiger partial charge in [-0.2, -0.15) is 0 Å². The molecule has 0 N–H and O–H groups in total. The van der Waals surface area contributed by atoms with E-state index >= 15 is 0 Å². The largest absolute Gasteiger partial charge is 0.206 e. The van der Waals surface area contributed by atoms with Crippen LogP contribution < -0.4 is 0 Å². The molecule has 14 heavy (non-hydrogen) atoms. The van der Waals surface area contributed by atoms with Crippen LogP contribution in [0.3, 0.4) is 0 Å². The average molecular weight is 254 g/mol. The van der Waals surface area contributed by atoms with E-state index in [0.29, 0.717) is 10.0 Å². The van der Waals surface area contributed by atoms with Gasteiger partial charge in [0.1, 0.15) is 5.82 Å². The van der Waals surface area contributed by atoms with Gasteiger partial charge in [-0.25, -0.2) is 4.39 Å². The molecule has 70 valence electrons. The topological polar surface area (TPSA) is 48.8 Å². The Bertz CT molecular complexity index is 441. The van der Waals surface area contributed by atoms with Crippen LogP contribution in [0.25, 0.3) is 10.4 Å². The minimum atomic E-state index is -0.396. The number of benzene rings is 1. The summed E-state index contributed by atoms with van der Waals surface area (Å²) in [6, 6.07) is 4.58. The first-order valence-electron chi connectivity index (χ1n) is 3.69. The van der Waals surface area contributed by atoms with Gasteiger partial charge in [0.2, 0.25) is 0 Å². The zero-order chi connectivity index (χ0) is 10.4. The summed E-state index contributed by atoms with van der Waals surface area (Å²) < 4.78 is 13.8. The highest BCUT2D eigenvalue weighted by atomic mass is 79.9. The van der Waals surface area contributed by atoms with Crippen molar-refractivity contribution in [2.75, 3.05) is 6.54 Å². The third-order valence-electron chi connectivity index (χ3n) is 1.37. The first kappa shape index (κ1) is 10.6. The van der Waals surface area contributed by atoms with Gasteiger partial charge in [-0.3, -0.25) is 0 Å². The van der Waals surface area contributed by atoms with Crippen LogP contribution in [0.15, 0.2) is 27.8 Å². The lowest BCUT2D eigenvalue weighted by molar-refractivity contribution is 0.623. The van der Waals surface area contributed by atoms with Crippen LogP contribution in [0.4, 0.5) is 4.39 Å². The van der Waals surface area contributed by atoms with E-state index in [1.807, 2.05) is 0 Å². The maximum Gasteiger partial charge on any atom is 0.139 e. The monoisotopic (exact) mass is 253 g/mol. The summed E-state index contributed by atoms with van der Waals surface area (Å²) in [6.45, 7) is 0.0476. The molecular formula is C9H5BrFN3. The zero-order valence-corrected chi connectivity index (χ0v) is 8.62. The quantitative estimate of drug-likeness (QED) is 0.319. The van der Waals surface area contributed by atoms with Gasteiger partial charge in [-0.1, -0.05) is 32.9 Å². The molecule has 0 heterocycles. The van der Waals surface area contributed by atoms with Crippen molar-refractivity contribution in [1.29, 1.82) is 0 Å². The molecule has 0 saturated carbocycles. The molecule has 0 saturated heterocycles. The van der Waals surface area contributed by atoms with Gasteiger partial charge in [0.15, 0.2) is 0 Å². The highest BCUT2D eigenvalue weighted by molar-refractivity contribution is 9.10. The molecule has 1 aromatic rings. The van der Waals surface area contributed by atoms with E-state index in [1.165, 1.54) is 6.07 Å². The van der Waals surface area contributed by atoms with Crippen LogP contribution in [0.1, 0.15) is 5.56 Å². The smallest absolute Gasteiger partial charge is 0.139 e.